The maximum Gasteiger partial charge on any atom is 0.362 e. The molecule has 13 nitrogen and oxygen atoms in total. The van der Waals surface area contributed by atoms with Gasteiger partial charge in [-0.25, -0.2) is 19.7 Å². The van der Waals surface area contributed by atoms with Crippen LogP contribution >= 0.6 is 0 Å². The lowest BCUT2D eigenvalue weighted by atomic mass is 10.0. The van der Waals surface area contributed by atoms with E-state index in [4.69, 9.17) is 20.4 Å². The number of carbonyl (C=O) groups excluding carboxylic acids is 1. The van der Waals surface area contributed by atoms with Crippen LogP contribution in [-0.2, 0) is 24.0 Å². The molecule has 0 unspecified atom stereocenters. The summed E-state index contributed by atoms with van der Waals surface area (Å²) in [7, 11) is -4.36. The van der Waals surface area contributed by atoms with Crippen LogP contribution in [0.3, 0.4) is 0 Å². The molecule has 0 aliphatic carbocycles. The van der Waals surface area contributed by atoms with E-state index in [0.717, 1.165) is 0 Å². The number of nitrogens with one attached hydrogen (secondary N) is 1. The van der Waals surface area contributed by atoms with Crippen molar-refractivity contribution in [2.45, 2.75) is 37.6 Å². The van der Waals surface area contributed by atoms with Crippen LogP contribution in [0.15, 0.2) is 12.7 Å². The average Bonchev–Trinajstić information content (AvgIpc) is 3.05. The lowest BCUT2D eigenvalue weighted by Gasteiger charge is -2.33. The Labute approximate surface area is 160 Å². The van der Waals surface area contributed by atoms with Gasteiger partial charge in [-0.2, -0.15) is 8.42 Å². The Morgan fingerprint density at radius 3 is 2.93 bits per heavy atom. The zero-order valence-electron chi connectivity index (χ0n) is 14.9. The highest BCUT2D eigenvalue weighted by Crippen LogP contribution is 2.27. The fourth-order valence-corrected chi connectivity index (χ4v) is 3.54. The van der Waals surface area contributed by atoms with E-state index in [2.05, 4.69) is 15.0 Å². The molecule has 1 amide bonds. The topological polar surface area (TPSA) is 198 Å². The van der Waals surface area contributed by atoms with Crippen LogP contribution in [0, 0.1) is 0 Å². The van der Waals surface area contributed by atoms with Gasteiger partial charge in [0.1, 0.15) is 17.9 Å². The minimum Gasteiger partial charge on any atom is -0.390 e. The normalized spacial score (nSPS) is 24.2. The number of carbonyl (C=O) groups is 1. The number of imidazole rings is 1. The van der Waals surface area contributed by atoms with Crippen molar-refractivity contribution in [3.8, 4) is 0 Å². The Balaban J connectivity index is 1.61. The van der Waals surface area contributed by atoms with Crippen molar-refractivity contribution in [3.05, 3.63) is 12.7 Å². The predicted octanol–water partition coefficient (Wildman–Crippen LogP) is -2.18. The van der Waals surface area contributed by atoms with Gasteiger partial charge in [-0.3, -0.25) is 8.98 Å². The first-order valence-corrected chi connectivity index (χ1v) is 9.78. The fourth-order valence-electron chi connectivity index (χ4n) is 2.74. The molecule has 28 heavy (non-hydrogen) atoms. The number of hydrogen-bond acceptors (Lipinski definition) is 11. The second kappa shape index (κ2) is 7.92. The monoisotopic (exact) mass is 415 g/mol. The van der Waals surface area contributed by atoms with Crippen molar-refractivity contribution in [1.82, 2.24) is 24.2 Å². The number of amides is 1. The fraction of sp³-hybridized carbons (Fsp3) is 0.571. The first kappa shape index (κ1) is 20.3. The van der Waals surface area contributed by atoms with Gasteiger partial charge in [-0.05, 0) is 13.3 Å². The molecule has 2 aromatic heterocycles. The maximum atomic E-state index is 11.7. The number of nitrogens with two attached hydrogens (primary N) is 2. The van der Waals surface area contributed by atoms with E-state index in [0.29, 0.717) is 11.2 Å². The summed E-state index contributed by atoms with van der Waals surface area (Å²) in [6.45, 7) is 1.03. The second-order valence-electron chi connectivity index (χ2n) is 6.41. The first-order valence-electron chi connectivity index (χ1n) is 8.37. The molecule has 0 bridgehead atoms. The van der Waals surface area contributed by atoms with E-state index in [1.54, 1.807) is 9.29 Å². The van der Waals surface area contributed by atoms with Gasteiger partial charge in [0.15, 0.2) is 11.5 Å². The molecule has 14 heteroatoms. The molecule has 0 spiro atoms. The largest absolute Gasteiger partial charge is 0.390 e. The number of aliphatic hydroxyl groups is 1. The molecular formula is C14H21N7O6S. The zero-order chi connectivity index (χ0) is 20.5. The van der Waals surface area contributed by atoms with Crippen LogP contribution in [0.25, 0.3) is 11.2 Å². The predicted molar refractivity (Wildman–Crippen MR) is 95.8 cm³/mol. The Morgan fingerprint density at radius 2 is 2.25 bits per heavy atom. The van der Waals surface area contributed by atoms with Gasteiger partial charge in [0.25, 0.3) is 5.91 Å². The molecular weight excluding hydrogens is 394 g/mol. The summed E-state index contributed by atoms with van der Waals surface area (Å²) in [6.07, 6.45) is 1.17. The Hall–Kier alpha value is -2.39. The third-order valence-corrected chi connectivity index (χ3v) is 5.15. The molecule has 4 atom stereocenters. The molecule has 3 rings (SSSR count). The lowest BCUT2D eigenvalue weighted by molar-refractivity contribution is -0.120. The molecule has 1 aliphatic rings. The molecule has 0 aromatic carbocycles. The zero-order valence-corrected chi connectivity index (χ0v) is 15.7. The van der Waals surface area contributed by atoms with Crippen molar-refractivity contribution in [3.63, 3.8) is 0 Å². The number of nitrogen functional groups attached to an aromatic ring is 1. The van der Waals surface area contributed by atoms with Crippen molar-refractivity contribution in [2.24, 2.45) is 5.73 Å². The van der Waals surface area contributed by atoms with Gasteiger partial charge < -0.3 is 25.9 Å². The number of ether oxygens (including phenoxy) is 1. The summed E-state index contributed by atoms with van der Waals surface area (Å²) in [5.74, 6) is -0.662. The van der Waals surface area contributed by atoms with Gasteiger partial charge in [-0.1, -0.05) is 0 Å². The number of fused-ring (bicyclic) bond motifs is 1. The van der Waals surface area contributed by atoms with E-state index in [9.17, 15) is 18.3 Å². The first-order chi connectivity index (χ1) is 13.2. The lowest BCUT2D eigenvalue weighted by Crippen LogP contribution is -2.45. The second-order valence-corrected chi connectivity index (χ2v) is 7.75. The van der Waals surface area contributed by atoms with Gasteiger partial charge in [0.05, 0.1) is 37.7 Å². The molecule has 154 valence electrons. The van der Waals surface area contributed by atoms with E-state index >= 15 is 0 Å². The highest BCUT2D eigenvalue weighted by atomic mass is 32.2. The number of nitrogens with zero attached hydrogens (tertiary/aromatic N) is 4. The standard InChI is InChI=1S/C14H21N7O6S/c1-7(15)14(23)20-28(24,25)27-4-10-9(22)2-8(3-26-10)21-6-19-11-12(16)17-5-18-13(11)21/h5-10,22H,2-4,15H2,1H3,(H,20,23)(H2,16,17,18)/t7-,8-,9-,10+/m0/s1. The summed E-state index contributed by atoms with van der Waals surface area (Å²) in [5, 5.41) is 10.3. The molecule has 6 N–H and O–H groups in total. The number of aromatic nitrogens is 4. The maximum absolute atomic E-state index is 11.7. The summed E-state index contributed by atoms with van der Waals surface area (Å²) in [5.41, 5.74) is 12.0. The molecule has 0 saturated carbocycles. The van der Waals surface area contributed by atoms with Crippen molar-refractivity contribution in [2.75, 3.05) is 18.9 Å². The van der Waals surface area contributed by atoms with E-state index in [-0.39, 0.29) is 24.9 Å². The van der Waals surface area contributed by atoms with Gasteiger partial charge in [-0.15, -0.1) is 0 Å². The molecule has 2 aromatic rings. The molecule has 1 fully saturated rings. The van der Waals surface area contributed by atoms with Crippen molar-refractivity contribution < 1.29 is 27.2 Å². The summed E-state index contributed by atoms with van der Waals surface area (Å²) < 4.78 is 37.1. The number of hydrogen-bond donors (Lipinski definition) is 4. The van der Waals surface area contributed by atoms with Crippen LogP contribution in [0.4, 0.5) is 5.82 Å². The van der Waals surface area contributed by atoms with Gasteiger partial charge >= 0.3 is 10.3 Å². The van der Waals surface area contributed by atoms with E-state index < -0.39 is 41.1 Å². The molecule has 1 aliphatic heterocycles. The summed E-state index contributed by atoms with van der Waals surface area (Å²) in [4.78, 5) is 23.6. The highest BCUT2D eigenvalue weighted by Gasteiger charge is 2.33. The highest BCUT2D eigenvalue weighted by molar-refractivity contribution is 7.85. The van der Waals surface area contributed by atoms with Gasteiger partial charge in [0, 0.05) is 0 Å². The molecule has 0 radical (unpaired) electrons. The Bertz CT molecular complexity index is 962. The molecule has 3 heterocycles. The summed E-state index contributed by atoms with van der Waals surface area (Å²) >= 11 is 0. The number of aliphatic hydroxyl groups excluding tert-OH is 1. The molecule has 1 saturated heterocycles. The van der Waals surface area contributed by atoms with Crippen LogP contribution in [0.1, 0.15) is 19.4 Å². The SMILES string of the molecule is C[C@H](N)C(=O)NS(=O)(=O)OC[C@H]1OC[C@@H](n2cnc3c(N)ncnc32)C[C@@H]1O. The van der Waals surface area contributed by atoms with E-state index in [1.165, 1.54) is 19.6 Å². The van der Waals surface area contributed by atoms with Crippen molar-refractivity contribution in [1.29, 1.82) is 0 Å². The third-order valence-electron chi connectivity index (χ3n) is 4.25. The number of anilines is 1. The third kappa shape index (κ3) is 4.36. The minimum absolute atomic E-state index is 0.159. The van der Waals surface area contributed by atoms with Crippen LogP contribution in [0.5, 0.6) is 0 Å². The van der Waals surface area contributed by atoms with Crippen LogP contribution in [-0.4, -0.2) is 70.4 Å². The van der Waals surface area contributed by atoms with E-state index in [1.807, 2.05) is 0 Å². The van der Waals surface area contributed by atoms with Gasteiger partial charge in [0.2, 0.25) is 0 Å². The van der Waals surface area contributed by atoms with Crippen LogP contribution in [0.2, 0.25) is 0 Å². The quantitative estimate of drug-likeness (QED) is 0.400. The van der Waals surface area contributed by atoms with Crippen LogP contribution < -0.4 is 16.2 Å². The van der Waals surface area contributed by atoms with Crippen molar-refractivity contribution >= 4 is 33.2 Å². The average molecular weight is 415 g/mol. The summed E-state index contributed by atoms with van der Waals surface area (Å²) in [6, 6.07) is -1.31. The minimum atomic E-state index is -4.36. The smallest absolute Gasteiger partial charge is 0.362 e. The number of rotatable bonds is 6. The Morgan fingerprint density at radius 1 is 1.50 bits per heavy atom. The Kier molecular flexibility index (Phi) is 5.76.